The molecule has 1 aliphatic carbocycles. The Bertz CT molecular complexity index is 394. The van der Waals surface area contributed by atoms with Crippen molar-refractivity contribution in [3.05, 3.63) is 23.8 Å². The van der Waals surface area contributed by atoms with Crippen molar-refractivity contribution < 1.29 is 9.47 Å². The van der Waals surface area contributed by atoms with Gasteiger partial charge in [0, 0.05) is 0 Å². The maximum atomic E-state index is 5.35. The molecule has 1 saturated carbocycles. The van der Waals surface area contributed by atoms with Gasteiger partial charge in [-0.15, -0.1) is 0 Å². The summed E-state index contributed by atoms with van der Waals surface area (Å²) in [5, 5.41) is 0. The van der Waals surface area contributed by atoms with E-state index in [4.69, 9.17) is 9.47 Å². The average Bonchev–Trinajstić information content (AvgIpc) is 2.52. The highest BCUT2D eigenvalue weighted by atomic mass is 16.5. The van der Waals surface area contributed by atoms with Gasteiger partial charge >= 0.3 is 0 Å². The summed E-state index contributed by atoms with van der Waals surface area (Å²) in [6.07, 6.45) is 12.5. The second-order valence-electron chi connectivity index (χ2n) is 5.94. The maximum absolute atomic E-state index is 5.35. The van der Waals surface area contributed by atoms with Gasteiger partial charge in [0.15, 0.2) is 11.5 Å². The highest BCUT2D eigenvalue weighted by Gasteiger charge is 2.12. The first kappa shape index (κ1) is 15.2. The molecule has 0 radical (unpaired) electrons. The highest BCUT2D eigenvalue weighted by Crippen LogP contribution is 2.30. The van der Waals surface area contributed by atoms with Crippen molar-refractivity contribution in [1.29, 1.82) is 0 Å². The Kier molecular flexibility index (Phi) is 6.23. The Morgan fingerprint density at radius 3 is 2.40 bits per heavy atom. The van der Waals surface area contributed by atoms with E-state index in [2.05, 4.69) is 12.1 Å². The van der Waals surface area contributed by atoms with E-state index in [1.54, 1.807) is 14.2 Å². The molecular weight excluding hydrogens is 248 g/mol. The largest absolute Gasteiger partial charge is 0.493 e. The zero-order valence-electron chi connectivity index (χ0n) is 13.0. The lowest BCUT2D eigenvalue weighted by atomic mass is 9.85. The fourth-order valence-electron chi connectivity index (χ4n) is 3.27. The van der Waals surface area contributed by atoms with Crippen molar-refractivity contribution in [2.75, 3.05) is 14.2 Å². The SMILES string of the molecule is COc1ccc(CCCCC2CCCCC2)cc1OC. The van der Waals surface area contributed by atoms with E-state index in [0.717, 1.165) is 23.8 Å². The molecular formula is C18H28O2. The number of rotatable bonds is 7. The molecule has 20 heavy (non-hydrogen) atoms. The molecule has 1 aromatic rings. The van der Waals surface area contributed by atoms with Gasteiger partial charge in [0.25, 0.3) is 0 Å². The lowest BCUT2D eigenvalue weighted by Crippen LogP contribution is -2.05. The van der Waals surface area contributed by atoms with E-state index in [1.165, 1.54) is 56.9 Å². The highest BCUT2D eigenvalue weighted by molar-refractivity contribution is 5.42. The smallest absolute Gasteiger partial charge is 0.160 e. The van der Waals surface area contributed by atoms with E-state index in [-0.39, 0.29) is 0 Å². The normalized spacial score (nSPS) is 16.1. The Morgan fingerprint density at radius 1 is 0.950 bits per heavy atom. The molecule has 1 fully saturated rings. The van der Waals surface area contributed by atoms with Gasteiger partial charge in [-0.25, -0.2) is 0 Å². The second kappa shape index (κ2) is 8.18. The molecule has 0 N–H and O–H groups in total. The second-order valence-corrected chi connectivity index (χ2v) is 5.94. The zero-order valence-corrected chi connectivity index (χ0v) is 13.0. The Hall–Kier alpha value is -1.18. The number of benzene rings is 1. The van der Waals surface area contributed by atoms with E-state index >= 15 is 0 Å². The number of unbranched alkanes of at least 4 members (excludes halogenated alkanes) is 1. The molecule has 0 atom stereocenters. The molecule has 2 rings (SSSR count). The minimum atomic E-state index is 0.818. The van der Waals surface area contributed by atoms with Crippen LogP contribution in [0, 0.1) is 5.92 Å². The van der Waals surface area contributed by atoms with Crippen molar-refractivity contribution in [2.24, 2.45) is 5.92 Å². The number of aryl methyl sites for hydroxylation is 1. The maximum Gasteiger partial charge on any atom is 0.160 e. The molecule has 112 valence electrons. The molecule has 1 aliphatic rings. The minimum Gasteiger partial charge on any atom is -0.493 e. The van der Waals surface area contributed by atoms with Gasteiger partial charge < -0.3 is 9.47 Å². The number of hydrogen-bond acceptors (Lipinski definition) is 2. The fourth-order valence-corrected chi connectivity index (χ4v) is 3.27. The fraction of sp³-hybridized carbons (Fsp3) is 0.667. The van der Waals surface area contributed by atoms with E-state index in [0.29, 0.717) is 0 Å². The van der Waals surface area contributed by atoms with Gasteiger partial charge in [-0.2, -0.15) is 0 Å². The third kappa shape index (κ3) is 4.43. The average molecular weight is 276 g/mol. The van der Waals surface area contributed by atoms with Crippen molar-refractivity contribution in [3.63, 3.8) is 0 Å². The van der Waals surface area contributed by atoms with Crippen LogP contribution in [0.3, 0.4) is 0 Å². The van der Waals surface area contributed by atoms with Crippen molar-refractivity contribution >= 4 is 0 Å². The predicted octanol–water partition coefficient (Wildman–Crippen LogP) is 5.00. The standard InChI is InChI=1S/C18H28O2/c1-19-17-13-12-16(14-18(17)20-2)11-7-6-10-15-8-4-3-5-9-15/h12-15H,3-11H2,1-2H3. The summed E-state index contributed by atoms with van der Waals surface area (Å²) in [6.45, 7) is 0. The van der Waals surface area contributed by atoms with Crippen LogP contribution in [-0.2, 0) is 6.42 Å². The van der Waals surface area contributed by atoms with Gasteiger partial charge in [0.1, 0.15) is 0 Å². The summed E-state index contributed by atoms with van der Waals surface area (Å²) in [4.78, 5) is 0. The molecule has 0 amide bonds. The van der Waals surface area contributed by atoms with Crippen molar-refractivity contribution in [2.45, 2.75) is 57.8 Å². The first-order valence-electron chi connectivity index (χ1n) is 8.04. The molecule has 0 bridgehead atoms. The number of hydrogen-bond donors (Lipinski definition) is 0. The lowest BCUT2D eigenvalue weighted by Gasteiger charge is -2.21. The predicted molar refractivity (Wildman–Crippen MR) is 83.7 cm³/mol. The minimum absolute atomic E-state index is 0.818. The van der Waals surface area contributed by atoms with Gasteiger partial charge in [0.2, 0.25) is 0 Å². The van der Waals surface area contributed by atoms with Crippen molar-refractivity contribution in [1.82, 2.24) is 0 Å². The summed E-state index contributed by atoms with van der Waals surface area (Å²) in [5.41, 5.74) is 1.35. The van der Waals surface area contributed by atoms with Crippen LogP contribution >= 0.6 is 0 Å². The molecule has 0 unspecified atom stereocenters. The lowest BCUT2D eigenvalue weighted by molar-refractivity contribution is 0.329. The van der Waals surface area contributed by atoms with Crippen molar-refractivity contribution in [3.8, 4) is 11.5 Å². The third-order valence-electron chi connectivity index (χ3n) is 4.50. The van der Waals surface area contributed by atoms with Gasteiger partial charge in [-0.3, -0.25) is 0 Å². The third-order valence-corrected chi connectivity index (χ3v) is 4.50. The molecule has 0 aliphatic heterocycles. The molecule has 0 saturated heterocycles. The summed E-state index contributed by atoms with van der Waals surface area (Å²) in [5.74, 6) is 2.67. The molecule has 0 aromatic heterocycles. The zero-order chi connectivity index (χ0) is 14.2. The van der Waals surface area contributed by atoms with Gasteiger partial charge in [0.05, 0.1) is 14.2 Å². The van der Waals surface area contributed by atoms with Crippen LogP contribution in [0.15, 0.2) is 18.2 Å². The molecule has 1 aromatic carbocycles. The topological polar surface area (TPSA) is 18.5 Å². The molecule has 0 spiro atoms. The van der Waals surface area contributed by atoms with Crippen LogP contribution in [0.4, 0.5) is 0 Å². The molecule has 2 nitrogen and oxygen atoms in total. The summed E-state index contributed by atoms with van der Waals surface area (Å²) in [6, 6.07) is 6.27. The summed E-state index contributed by atoms with van der Waals surface area (Å²) >= 11 is 0. The first-order valence-corrected chi connectivity index (χ1v) is 8.04. The van der Waals surface area contributed by atoms with E-state index in [1.807, 2.05) is 6.07 Å². The quantitative estimate of drug-likeness (QED) is 0.653. The van der Waals surface area contributed by atoms with Gasteiger partial charge in [-0.1, -0.05) is 51.0 Å². The van der Waals surface area contributed by atoms with Crippen LogP contribution in [0.1, 0.15) is 56.9 Å². The van der Waals surface area contributed by atoms with E-state index < -0.39 is 0 Å². The van der Waals surface area contributed by atoms with Crippen LogP contribution in [0.25, 0.3) is 0 Å². The van der Waals surface area contributed by atoms with Gasteiger partial charge in [-0.05, 0) is 36.5 Å². The first-order chi connectivity index (χ1) is 9.83. The van der Waals surface area contributed by atoms with Crippen LogP contribution in [0.5, 0.6) is 11.5 Å². The molecule has 0 heterocycles. The number of methoxy groups -OCH3 is 2. The summed E-state index contributed by atoms with van der Waals surface area (Å²) in [7, 11) is 3.38. The van der Waals surface area contributed by atoms with E-state index in [9.17, 15) is 0 Å². The molecule has 2 heteroatoms. The Labute approximate surface area is 123 Å². The monoisotopic (exact) mass is 276 g/mol. The Balaban J connectivity index is 1.73. The van der Waals surface area contributed by atoms with Crippen LogP contribution in [0.2, 0.25) is 0 Å². The summed E-state index contributed by atoms with van der Waals surface area (Å²) < 4.78 is 10.6. The van der Waals surface area contributed by atoms with Crippen LogP contribution < -0.4 is 9.47 Å². The number of ether oxygens (including phenoxy) is 2. The Morgan fingerprint density at radius 2 is 1.70 bits per heavy atom. The van der Waals surface area contributed by atoms with Crippen LogP contribution in [-0.4, -0.2) is 14.2 Å².